The molecule has 0 aliphatic heterocycles. The van der Waals surface area contributed by atoms with Gasteiger partial charge in [0.25, 0.3) is 5.91 Å². The van der Waals surface area contributed by atoms with Crippen LogP contribution in [0.2, 0.25) is 0 Å². The van der Waals surface area contributed by atoms with Crippen LogP contribution in [0.5, 0.6) is 0 Å². The molecule has 1 aromatic heterocycles. The third-order valence-electron chi connectivity index (χ3n) is 3.64. The number of thiophene rings is 1. The highest BCUT2D eigenvalue weighted by Gasteiger charge is 2.53. The van der Waals surface area contributed by atoms with Gasteiger partial charge in [-0.2, -0.15) is 0 Å². The van der Waals surface area contributed by atoms with Crippen LogP contribution in [0.25, 0.3) is 0 Å². The second kappa shape index (κ2) is 4.35. The Kier molecular flexibility index (Phi) is 3.27. The summed E-state index contributed by atoms with van der Waals surface area (Å²) in [5.41, 5.74) is 1.01. The Balaban J connectivity index is 2.17. The summed E-state index contributed by atoms with van der Waals surface area (Å²) >= 11 is 1.33. The number of nitrogens with one attached hydrogen (secondary N) is 1. The van der Waals surface area contributed by atoms with Crippen molar-refractivity contribution in [2.75, 3.05) is 0 Å². The Bertz CT molecular complexity index is 563. The molecule has 1 amide bonds. The molecule has 18 heavy (non-hydrogen) atoms. The number of sulfonamides is 1. The number of amides is 1. The van der Waals surface area contributed by atoms with Crippen LogP contribution < -0.4 is 4.72 Å². The van der Waals surface area contributed by atoms with Crippen molar-refractivity contribution < 1.29 is 13.2 Å². The number of carbonyl (C=O) groups excluding carboxylic acids is 1. The Hall–Kier alpha value is -0.880. The van der Waals surface area contributed by atoms with Gasteiger partial charge in [-0.05, 0) is 44.7 Å². The summed E-state index contributed by atoms with van der Waals surface area (Å²) in [5, 5.41) is 0. The fourth-order valence-corrected chi connectivity index (χ4v) is 4.50. The van der Waals surface area contributed by atoms with Crippen molar-refractivity contribution >= 4 is 27.3 Å². The van der Waals surface area contributed by atoms with E-state index in [9.17, 15) is 13.2 Å². The third-order valence-corrected chi connectivity index (χ3v) is 7.08. The van der Waals surface area contributed by atoms with Crippen molar-refractivity contribution in [2.45, 2.75) is 44.8 Å². The van der Waals surface area contributed by atoms with Gasteiger partial charge in [0.15, 0.2) is 0 Å². The Morgan fingerprint density at radius 1 is 1.44 bits per heavy atom. The largest absolute Gasteiger partial charge is 0.274 e. The Labute approximate surface area is 111 Å². The molecule has 4 nitrogen and oxygen atoms in total. The van der Waals surface area contributed by atoms with Gasteiger partial charge in [-0.25, -0.2) is 13.1 Å². The van der Waals surface area contributed by atoms with E-state index in [2.05, 4.69) is 4.72 Å². The summed E-state index contributed by atoms with van der Waals surface area (Å²) in [6, 6.07) is 1.73. The molecule has 1 aromatic rings. The minimum atomic E-state index is -3.54. The molecular weight excluding hydrogens is 270 g/mol. The average molecular weight is 287 g/mol. The molecule has 1 aliphatic carbocycles. The lowest BCUT2D eigenvalue weighted by atomic mass is 10.3. The van der Waals surface area contributed by atoms with E-state index in [1.807, 2.05) is 20.8 Å². The molecule has 1 aliphatic rings. The van der Waals surface area contributed by atoms with Gasteiger partial charge in [-0.1, -0.05) is 6.92 Å². The first-order valence-electron chi connectivity index (χ1n) is 5.95. The lowest BCUT2D eigenvalue weighted by Crippen LogP contribution is -2.39. The zero-order valence-corrected chi connectivity index (χ0v) is 12.4. The van der Waals surface area contributed by atoms with Gasteiger partial charge in [0.05, 0.1) is 9.62 Å². The van der Waals surface area contributed by atoms with Gasteiger partial charge in [0.1, 0.15) is 0 Å². The summed E-state index contributed by atoms with van der Waals surface area (Å²) in [7, 11) is -3.54. The smallest absolute Gasteiger partial charge is 0.267 e. The van der Waals surface area contributed by atoms with Gasteiger partial charge in [-0.15, -0.1) is 11.3 Å². The van der Waals surface area contributed by atoms with E-state index in [0.29, 0.717) is 24.1 Å². The highest BCUT2D eigenvalue weighted by Crippen LogP contribution is 2.45. The van der Waals surface area contributed by atoms with E-state index >= 15 is 0 Å². The molecule has 1 saturated carbocycles. The fourth-order valence-electron chi connectivity index (χ4n) is 1.92. The molecule has 0 unspecified atom stereocenters. The maximum atomic E-state index is 12.1. The molecular formula is C12H17NO3S2. The maximum absolute atomic E-state index is 12.1. The first-order chi connectivity index (χ1) is 8.31. The standard InChI is InChI=1S/C12H17NO3S2/c1-4-12(5-6-12)18(15,16)13-11(14)10-7-8(2)9(3)17-10/h7H,4-6H2,1-3H3,(H,13,14). The van der Waals surface area contributed by atoms with Crippen LogP contribution in [-0.2, 0) is 10.0 Å². The number of hydrogen-bond donors (Lipinski definition) is 1. The minimum Gasteiger partial charge on any atom is -0.267 e. The average Bonchev–Trinajstić information content (AvgIpc) is 3.02. The molecule has 0 bridgehead atoms. The number of aryl methyl sites for hydroxylation is 2. The second-order valence-electron chi connectivity index (χ2n) is 4.82. The molecule has 0 radical (unpaired) electrons. The van der Waals surface area contributed by atoms with Crippen LogP contribution in [0.3, 0.4) is 0 Å². The minimum absolute atomic E-state index is 0.459. The van der Waals surface area contributed by atoms with Crippen LogP contribution in [0, 0.1) is 13.8 Å². The summed E-state index contributed by atoms with van der Waals surface area (Å²) in [6.07, 6.45) is 1.85. The van der Waals surface area contributed by atoms with Crippen LogP contribution >= 0.6 is 11.3 Å². The van der Waals surface area contributed by atoms with Crippen LogP contribution in [0.15, 0.2) is 6.07 Å². The lowest BCUT2D eigenvalue weighted by Gasteiger charge is -2.14. The van der Waals surface area contributed by atoms with Crippen LogP contribution in [-0.4, -0.2) is 19.1 Å². The summed E-state index contributed by atoms with van der Waals surface area (Å²) in [5.74, 6) is -0.504. The van der Waals surface area contributed by atoms with Crippen molar-refractivity contribution in [3.63, 3.8) is 0 Å². The second-order valence-corrected chi connectivity index (χ2v) is 8.15. The van der Waals surface area contributed by atoms with Crippen molar-refractivity contribution in [3.05, 3.63) is 21.4 Å². The van der Waals surface area contributed by atoms with Crippen LogP contribution in [0.1, 0.15) is 46.3 Å². The molecule has 6 heteroatoms. The molecule has 2 rings (SSSR count). The fraction of sp³-hybridized carbons (Fsp3) is 0.583. The van der Waals surface area contributed by atoms with E-state index in [-0.39, 0.29) is 0 Å². The normalized spacial score (nSPS) is 17.5. The number of carbonyl (C=O) groups is 1. The lowest BCUT2D eigenvalue weighted by molar-refractivity contribution is 0.0984. The van der Waals surface area contributed by atoms with Gasteiger partial charge >= 0.3 is 0 Å². The van der Waals surface area contributed by atoms with Gasteiger partial charge in [0, 0.05) is 4.88 Å². The number of rotatable bonds is 4. The zero-order chi connectivity index (χ0) is 13.6. The molecule has 100 valence electrons. The highest BCUT2D eigenvalue weighted by molar-refractivity contribution is 7.91. The van der Waals surface area contributed by atoms with E-state index in [4.69, 9.17) is 0 Å². The Morgan fingerprint density at radius 2 is 2.06 bits per heavy atom. The summed E-state index contributed by atoms with van der Waals surface area (Å²) in [4.78, 5) is 13.4. The molecule has 0 aromatic carbocycles. The van der Waals surface area contributed by atoms with Gasteiger partial charge in [-0.3, -0.25) is 4.79 Å². The van der Waals surface area contributed by atoms with E-state index < -0.39 is 20.7 Å². The molecule has 0 spiro atoms. The van der Waals surface area contributed by atoms with E-state index in [1.165, 1.54) is 11.3 Å². The molecule has 0 atom stereocenters. The maximum Gasteiger partial charge on any atom is 0.274 e. The van der Waals surface area contributed by atoms with Crippen LogP contribution in [0.4, 0.5) is 0 Å². The van der Waals surface area contributed by atoms with Crippen molar-refractivity contribution in [1.29, 1.82) is 0 Å². The monoisotopic (exact) mass is 287 g/mol. The molecule has 1 heterocycles. The van der Waals surface area contributed by atoms with Gasteiger partial charge < -0.3 is 0 Å². The predicted molar refractivity (Wildman–Crippen MR) is 72.4 cm³/mol. The topological polar surface area (TPSA) is 63.2 Å². The summed E-state index contributed by atoms with van der Waals surface area (Å²) in [6.45, 7) is 5.67. The molecule has 0 saturated heterocycles. The molecule has 1 fully saturated rings. The third kappa shape index (κ3) is 2.19. The first-order valence-corrected chi connectivity index (χ1v) is 8.25. The first kappa shape index (κ1) is 13.5. The highest BCUT2D eigenvalue weighted by atomic mass is 32.2. The quantitative estimate of drug-likeness (QED) is 0.924. The zero-order valence-electron chi connectivity index (χ0n) is 10.7. The van der Waals surface area contributed by atoms with E-state index in [1.54, 1.807) is 6.07 Å². The predicted octanol–water partition coefficient (Wildman–Crippen LogP) is 2.37. The van der Waals surface area contributed by atoms with E-state index in [0.717, 1.165) is 10.4 Å². The van der Waals surface area contributed by atoms with Crippen molar-refractivity contribution in [3.8, 4) is 0 Å². The summed E-state index contributed by atoms with van der Waals surface area (Å²) < 4.78 is 25.7. The Morgan fingerprint density at radius 3 is 2.44 bits per heavy atom. The number of hydrogen-bond acceptors (Lipinski definition) is 4. The van der Waals surface area contributed by atoms with Crippen molar-refractivity contribution in [2.24, 2.45) is 0 Å². The molecule has 1 N–H and O–H groups in total. The SMILES string of the molecule is CCC1(S(=O)(=O)NC(=O)c2cc(C)c(C)s2)CC1. The van der Waals surface area contributed by atoms with Crippen molar-refractivity contribution in [1.82, 2.24) is 4.72 Å². The van der Waals surface area contributed by atoms with Gasteiger partial charge in [0.2, 0.25) is 10.0 Å².